The van der Waals surface area contributed by atoms with Crippen LogP contribution in [0.25, 0.3) is 0 Å². The Morgan fingerprint density at radius 3 is 2.43 bits per heavy atom. The highest BCUT2D eigenvalue weighted by atomic mass is 32.2. The van der Waals surface area contributed by atoms with Gasteiger partial charge in [0.05, 0.1) is 17.1 Å². The largest absolute Gasteiger partial charge is 0.347 e. The smallest absolute Gasteiger partial charge is 0.240 e. The molecule has 0 aliphatic rings. The van der Waals surface area contributed by atoms with E-state index in [0.717, 1.165) is 5.69 Å². The first-order chi connectivity index (χ1) is 9.88. The fourth-order valence-electron chi connectivity index (χ4n) is 1.76. The van der Waals surface area contributed by atoms with Gasteiger partial charge in [-0.2, -0.15) is 0 Å². The van der Waals surface area contributed by atoms with Crippen LogP contribution in [0.1, 0.15) is 11.4 Å². The average molecular weight is 306 g/mol. The number of sulfonamides is 1. The average Bonchev–Trinajstić information content (AvgIpc) is 2.45. The number of benzene rings is 1. The molecule has 1 N–H and O–H groups in total. The molecular formula is C14H18N4O2S. The summed E-state index contributed by atoms with van der Waals surface area (Å²) in [4.78, 5) is 10.6. The summed E-state index contributed by atoms with van der Waals surface area (Å²) in [6.45, 7) is 1.98. The van der Waals surface area contributed by atoms with Crippen molar-refractivity contribution in [2.45, 2.75) is 18.4 Å². The lowest BCUT2D eigenvalue weighted by molar-refractivity contribution is 0.580. The Morgan fingerprint density at radius 1 is 1.14 bits per heavy atom. The summed E-state index contributed by atoms with van der Waals surface area (Å²) in [5.74, 6) is 0.559. The molecule has 0 bridgehead atoms. The summed E-state index contributed by atoms with van der Waals surface area (Å²) in [6.07, 6.45) is 0. The zero-order chi connectivity index (χ0) is 15.5. The molecule has 0 aliphatic heterocycles. The van der Waals surface area contributed by atoms with E-state index in [1.807, 2.05) is 21.0 Å². The standard InChI is InChI=1S/C14H18N4O2S/c1-11-9-12(17-14(16-11)18(2)3)10-15-21(19,20)13-7-5-4-6-8-13/h4-9,15H,10H2,1-3H3. The lowest BCUT2D eigenvalue weighted by atomic mass is 10.3. The molecule has 2 rings (SSSR count). The van der Waals surface area contributed by atoms with E-state index >= 15 is 0 Å². The Bertz CT molecular complexity index is 715. The maximum absolute atomic E-state index is 12.1. The van der Waals surface area contributed by atoms with Crippen molar-refractivity contribution >= 4 is 16.0 Å². The molecule has 0 saturated heterocycles. The zero-order valence-electron chi connectivity index (χ0n) is 12.2. The van der Waals surface area contributed by atoms with Crippen LogP contribution >= 0.6 is 0 Å². The monoisotopic (exact) mass is 306 g/mol. The van der Waals surface area contributed by atoms with Crippen LogP contribution in [0.15, 0.2) is 41.3 Å². The van der Waals surface area contributed by atoms with Crippen molar-refractivity contribution in [1.29, 1.82) is 0 Å². The first kappa shape index (κ1) is 15.4. The summed E-state index contributed by atoms with van der Waals surface area (Å²) < 4.78 is 26.8. The van der Waals surface area contributed by atoms with E-state index < -0.39 is 10.0 Å². The summed E-state index contributed by atoms with van der Waals surface area (Å²) in [5.41, 5.74) is 1.42. The van der Waals surface area contributed by atoms with Crippen LogP contribution in [-0.4, -0.2) is 32.5 Å². The Morgan fingerprint density at radius 2 is 1.81 bits per heavy atom. The van der Waals surface area contributed by atoms with Crippen LogP contribution in [0.5, 0.6) is 0 Å². The van der Waals surface area contributed by atoms with E-state index in [2.05, 4.69) is 14.7 Å². The minimum Gasteiger partial charge on any atom is -0.347 e. The molecule has 7 heteroatoms. The van der Waals surface area contributed by atoms with Crippen LogP contribution < -0.4 is 9.62 Å². The molecular weight excluding hydrogens is 288 g/mol. The van der Waals surface area contributed by atoms with Gasteiger partial charge in [-0.25, -0.2) is 23.1 Å². The van der Waals surface area contributed by atoms with Crippen LogP contribution in [0, 0.1) is 6.92 Å². The molecule has 1 aromatic heterocycles. The summed E-state index contributed by atoms with van der Waals surface area (Å²) in [7, 11) is 0.152. The van der Waals surface area contributed by atoms with E-state index in [-0.39, 0.29) is 11.4 Å². The lowest BCUT2D eigenvalue weighted by Gasteiger charge is -2.13. The molecule has 6 nitrogen and oxygen atoms in total. The quantitative estimate of drug-likeness (QED) is 0.902. The van der Waals surface area contributed by atoms with Crippen molar-refractivity contribution in [3.05, 3.63) is 47.8 Å². The second-order valence-electron chi connectivity index (χ2n) is 4.83. The molecule has 1 aromatic carbocycles. The highest BCUT2D eigenvalue weighted by molar-refractivity contribution is 7.89. The second-order valence-corrected chi connectivity index (χ2v) is 6.60. The van der Waals surface area contributed by atoms with Gasteiger partial charge in [0.2, 0.25) is 16.0 Å². The number of hydrogen-bond acceptors (Lipinski definition) is 5. The van der Waals surface area contributed by atoms with Gasteiger partial charge in [-0.1, -0.05) is 18.2 Å². The highest BCUT2D eigenvalue weighted by Gasteiger charge is 2.14. The molecule has 0 amide bonds. The molecule has 0 spiro atoms. The Labute approximate surface area is 124 Å². The minimum absolute atomic E-state index is 0.126. The van der Waals surface area contributed by atoms with E-state index in [0.29, 0.717) is 11.6 Å². The van der Waals surface area contributed by atoms with Gasteiger partial charge in [0.25, 0.3) is 0 Å². The third kappa shape index (κ3) is 3.99. The Kier molecular flexibility index (Phi) is 4.54. The molecule has 0 radical (unpaired) electrons. The number of aryl methyl sites for hydroxylation is 1. The molecule has 0 atom stereocenters. The van der Waals surface area contributed by atoms with Gasteiger partial charge in [-0.05, 0) is 25.1 Å². The van der Waals surface area contributed by atoms with Crippen molar-refractivity contribution in [3.8, 4) is 0 Å². The predicted molar refractivity (Wildman–Crippen MR) is 81.6 cm³/mol. The number of anilines is 1. The number of rotatable bonds is 5. The van der Waals surface area contributed by atoms with Gasteiger partial charge in [0, 0.05) is 19.8 Å². The lowest BCUT2D eigenvalue weighted by Crippen LogP contribution is -2.24. The third-order valence-electron chi connectivity index (χ3n) is 2.79. The Balaban J connectivity index is 2.17. The molecule has 2 aromatic rings. The van der Waals surface area contributed by atoms with Gasteiger partial charge in [-0.15, -0.1) is 0 Å². The van der Waals surface area contributed by atoms with Gasteiger partial charge in [0.15, 0.2) is 0 Å². The molecule has 0 fully saturated rings. The molecule has 112 valence electrons. The van der Waals surface area contributed by atoms with Gasteiger partial charge in [0.1, 0.15) is 0 Å². The van der Waals surface area contributed by atoms with Crippen LogP contribution in [0.2, 0.25) is 0 Å². The topological polar surface area (TPSA) is 75.2 Å². The van der Waals surface area contributed by atoms with Crippen molar-refractivity contribution in [3.63, 3.8) is 0 Å². The SMILES string of the molecule is Cc1cc(CNS(=O)(=O)c2ccccc2)nc(N(C)C)n1. The van der Waals surface area contributed by atoms with Gasteiger partial charge in [-0.3, -0.25) is 0 Å². The van der Waals surface area contributed by atoms with Crippen LogP contribution in [-0.2, 0) is 16.6 Å². The third-order valence-corrected chi connectivity index (χ3v) is 4.21. The van der Waals surface area contributed by atoms with E-state index in [1.165, 1.54) is 0 Å². The Hall–Kier alpha value is -1.99. The van der Waals surface area contributed by atoms with Crippen LogP contribution in [0.4, 0.5) is 5.95 Å². The van der Waals surface area contributed by atoms with E-state index in [4.69, 9.17) is 0 Å². The molecule has 0 unspecified atom stereocenters. The van der Waals surface area contributed by atoms with E-state index in [9.17, 15) is 8.42 Å². The van der Waals surface area contributed by atoms with Crippen molar-refractivity contribution < 1.29 is 8.42 Å². The predicted octanol–water partition coefficient (Wildman–Crippen LogP) is 1.33. The minimum atomic E-state index is -3.53. The zero-order valence-corrected chi connectivity index (χ0v) is 13.1. The number of nitrogens with one attached hydrogen (secondary N) is 1. The van der Waals surface area contributed by atoms with Crippen molar-refractivity contribution in [2.75, 3.05) is 19.0 Å². The molecule has 0 saturated carbocycles. The fraction of sp³-hybridized carbons (Fsp3) is 0.286. The van der Waals surface area contributed by atoms with Gasteiger partial charge >= 0.3 is 0 Å². The molecule has 21 heavy (non-hydrogen) atoms. The molecule has 0 aliphatic carbocycles. The maximum atomic E-state index is 12.1. The van der Waals surface area contributed by atoms with Crippen molar-refractivity contribution in [2.24, 2.45) is 0 Å². The normalized spacial score (nSPS) is 11.4. The number of hydrogen-bond donors (Lipinski definition) is 1. The second kappa shape index (κ2) is 6.19. The fourth-order valence-corrected chi connectivity index (χ4v) is 2.78. The highest BCUT2D eigenvalue weighted by Crippen LogP contribution is 2.10. The summed E-state index contributed by atoms with van der Waals surface area (Å²) >= 11 is 0. The van der Waals surface area contributed by atoms with Crippen molar-refractivity contribution in [1.82, 2.24) is 14.7 Å². The molecule has 1 heterocycles. The first-order valence-electron chi connectivity index (χ1n) is 6.45. The first-order valence-corrected chi connectivity index (χ1v) is 7.93. The van der Waals surface area contributed by atoms with E-state index in [1.54, 1.807) is 41.3 Å². The number of aromatic nitrogens is 2. The summed E-state index contributed by atoms with van der Waals surface area (Å²) in [6, 6.07) is 10.0. The van der Waals surface area contributed by atoms with Gasteiger partial charge < -0.3 is 4.90 Å². The van der Waals surface area contributed by atoms with Crippen LogP contribution in [0.3, 0.4) is 0 Å². The summed E-state index contributed by atoms with van der Waals surface area (Å²) in [5, 5.41) is 0. The number of nitrogens with zero attached hydrogens (tertiary/aromatic N) is 3. The maximum Gasteiger partial charge on any atom is 0.240 e.